The predicted molar refractivity (Wildman–Crippen MR) is 105 cm³/mol. The fraction of sp³-hybridized carbons (Fsp3) is 0.500. The number of imide groups is 1. The van der Waals surface area contributed by atoms with E-state index < -0.39 is 24.5 Å². The second-order valence-electron chi connectivity index (χ2n) is 8.40. The number of likely N-dealkylation sites (tertiary alicyclic amines) is 1. The highest BCUT2D eigenvalue weighted by Crippen LogP contribution is 2.56. The van der Waals surface area contributed by atoms with Crippen molar-refractivity contribution in [2.45, 2.75) is 39.2 Å². The van der Waals surface area contributed by atoms with Gasteiger partial charge in [-0.15, -0.1) is 0 Å². The van der Waals surface area contributed by atoms with Gasteiger partial charge in [-0.1, -0.05) is 0 Å². The number of hydrogen-bond donors (Lipinski definition) is 1. The lowest BCUT2D eigenvalue weighted by atomic mass is 9.81. The lowest BCUT2D eigenvalue weighted by Gasteiger charge is -2.23. The van der Waals surface area contributed by atoms with Gasteiger partial charge in [-0.25, -0.2) is 4.79 Å². The Labute approximate surface area is 173 Å². The van der Waals surface area contributed by atoms with E-state index >= 15 is 0 Å². The first-order chi connectivity index (χ1) is 14.3. The fourth-order valence-electron chi connectivity index (χ4n) is 5.16. The minimum atomic E-state index is -1.06. The van der Waals surface area contributed by atoms with Crippen LogP contribution in [0, 0.1) is 23.7 Å². The van der Waals surface area contributed by atoms with E-state index in [1.807, 2.05) is 0 Å². The molecule has 1 aliphatic heterocycles. The highest BCUT2D eigenvalue weighted by atomic mass is 16.5. The zero-order valence-electron chi connectivity index (χ0n) is 16.9. The smallest absolute Gasteiger partial charge is 0.329 e. The van der Waals surface area contributed by atoms with Crippen molar-refractivity contribution in [3.8, 4) is 0 Å². The van der Waals surface area contributed by atoms with Gasteiger partial charge in [0.2, 0.25) is 11.8 Å². The van der Waals surface area contributed by atoms with Crippen LogP contribution >= 0.6 is 0 Å². The third-order valence-electron chi connectivity index (χ3n) is 6.61. The number of nitrogens with one attached hydrogen (secondary N) is 1. The maximum Gasteiger partial charge on any atom is 0.329 e. The molecule has 2 saturated carbocycles. The number of hydrogen-bond acceptors (Lipinski definition) is 6. The topological polar surface area (TPSA) is 110 Å². The van der Waals surface area contributed by atoms with Crippen molar-refractivity contribution in [1.29, 1.82) is 0 Å². The summed E-state index contributed by atoms with van der Waals surface area (Å²) >= 11 is 0. The van der Waals surface area contributed by atoms with Gasteiger partial charge in [-0.2, -0.15) is 0 Å². The molecule has 158 valence electrons. The monoisotopic (exact) mass is 412 g/mol. The molecule has 3 fully saturated rings. The van der Waals surface area contributed by atoms with Crippen LogP contribution in [-0.2, 0) is 23.9 Å². The summed E-state index contributed by atoms with van der Waals surface area (Å²) in [5, 5.41) is 2.57. The number of carbonyl (C=O) groups excluding carboxylic acids is 5. The molecule has 1 heterocycles. The van der Waals surface area contributed by atoms with Gasteiger partial charge >= 0.3 is 5.97 Å². The Morgan fingerprint density at radius 3 is 2.17 bits per heavy atom. The number of amides is 3. The molecular formula is C22H24N2O6. The van der Waals surface area contributed by atoms with Crippen molar-refractivity contribution < 1.29 is 28.7 Å². The van der Waals surface area contributed by atoms with Crippen LogP contribution in [0.4, 0.5) is 5.69 Å². The summed E-state index contributed by atoms with van der Waals surface area (Å²) in [6.45, 7) is 2.37. The first kappa shape index (κ1) is 20.3. The van der Waals surface area contributed by atoms with Crippen LogP contribution in [0.25, 0.3) is 0 Å². The number of carbonyl (C=O) groups is 5. The van der Waals surface area contributed by atoms with Gasteiger partial charge in [0.25, 0.3) is 5.91 Å². The lowest BCUT2D eigenvalue weighted by molar-refractivity contribution is -0.159. The van der Waals surface area contributed by atoms with E-state index in [1.54, 1.807) is 24.3 Å². The number of benzene rings is 1. The van der Waals surface area contributed by atoms with Gasteiger partial charge in [0, 0.05) is 11.3 Å². The molecule has 3 aliphatic rings. The maximum atomic E-state index is 12.8. The van der Waals surface area contributed by atoms with Gasteiger partial charge in [-0.3, -0.25) is 24.1 Å². The Morgan fingerprint density at radius 1 is 1.07 bits per heavy atom. The largest absolute Gasteiger partial charge is 0.454 e. The van der Waals surface area contributed by atoms with Crippen LogP contribution in [0.1, 0.15) is 43.5 Å². The Balaban J connectivity index is 1.31. The van der Waals surface area contributed by atoms with Crippen LogP contribution in [0.5, 0.6) is 0 Å². The van der Waals surface area contributed by atoms with Crippen LogP contribution in [0.3, 0.4) is 0 Å². The molecule has 0 radical (unpaired) electrons. The van der Waals surface area contributed by atoms with Crippen molar-refractivity contribution in [2.24, 2.45) is 23.7 Å². The van der Waals surface area contributed by atoms with E-state index in [1.165, 1.54) is 13.8 Å². The molecule has 5 atom stereocenters. The summed E-state index contributed by atoms with van der Waals surface area (Å²) in [6, 6.07) is 5.26. The van der Waals surface area contributed by atoms with Crippen molar-refractivity contribution in [1.82, 2.24) is 4.90 Å². The summed E-state index contributed by atoms with van der Waals surface area (Å²) in [5.41, 5.74) is 0.980. The van der Waals surface area contributed by atoms with Crippen LogP contribution in [0.15, 0.2) is 24.3 Å². The molecule has 3 amide bonds. The first-order valence-corrected chi connectivity index (χ1v) is 10.2. The standard InChI is InChI=1S/C22H24N2O6/c1-11(24-20(27)18-14-3-4-15(9-14)19(18)21(24)28)22(29)30-10-17(26)23-16-7-5-13(6-8-16)12(2)25/h5-8,11,14-15,18-19H,3-4,9-10H2,1-2H3,(H,23,26)/t11-,14-,15-,18+,19+/m0/s1. The van der Waals surface area contributed by atoms with Gasteiger partial charge < -0.3 is 10.1 Å². The molecule has 0 unspecified atom stereocenters. The average molecular weight is 412 g/mol. The maximum absolute atomic E-state index is 12.8. The highest BCUT2D eigenvalue weighted by molar-refractivity contribution is 6.08. The minimum Gasteiger partial charge on any atom is -0.454 e. The number of anilines is 1. The van der Waals surface area contributed by atoms with E-state index in [9.17, 15) is 24.0 Å². The predicted octanol–water partition coefficient (Wildman–Crippen LogP) is 1.79. The number of Topliss-reactive ketones (excluding diaryl/α,β-unsaturated/α-hetero) is 1. The molecule has 8 nitrogen and oxygen atoms in total. The number of nitrogens with zero attached hydrogens (tertiary/aromatic N) is 1. The SMILES string of the molecule is CC(=O)c1ccc(NC(=O)COC(=O)[C@H](C)N2C(=O)[C@@H]3[C@H]4CC[C@@H](C4)[C@H]3C2=O)cc1. The normalized spacial score (nSPS) is 27.7. The average Bonchev–Trinajstić information content (AvgIpc) is 3.40. The van der Waals surface area contributed by atoms with Crippen LogP contribution in [-0.4, -0.2) is 47.0 Å². The molecular weight excluding hydrogens is 388 g/mol. The van der Waals surface area contributed by atoms with Gasteiger partial charge in [0.05, 0.1) is 11.8 Å². The summed E-state index contributed by atoms with van der Waals surface area (Å²) in [4.78, 5) is 62.4. The first-order valence-electron chi connectivity index (χ1n) is 10.2. The molecule has 1 saturated heterocycles. The molecule has 1 aromatic rings. The second-order valence-corrected chi connectivity index (χ2v) is 8.40. The molecule has 2 bridgehead atoms. The molecule has 0 aromatic heterocycles. The molecule has 4 rings (SSSR count). The van der Waals surface area contributed by atoms with Crippen molar-refractivity contribution in [2.75, 3.05) is 11.9 Å². The van der Waals surface area contributed by atoms with Crippen LogP contribution < -0.4 is 5.32 Å². The van der Waals surface area contributed by atoms with E-state index in [4.69, 9.17) is 4.74 Å². The number of rotatable bonds is 6. The third-order valence-corrected chi connectivity index (χ3v) is 6.61. The third kappa shape index (κ3) is 3.40. The van der Waals surface area contributed by atoms with Gasteiger partial charge in [-0.05, 0) is 69.2 Å². The molecule has 0 spiro atoms. The Morgan fingerprint density at radius 2 is 1.63 bits per heavy atom. The molecule has 1 aromatic carbocycles. The number of ketones is 1. The number of fused-ring (bicyclic) bond motifs is 5. The molecule has 30 heavy (non-hydrogen) atoms. The van der Waals surface area contributed by atoms with E-state index in [2.05, 4.69) is 5.32 Å². The summed E-state index contributed by atoms with van der Waals surface area (Å²) in [6.07, 6.45) is 2.85. The van der Waals surface area contributed by atoms with Gasteiger partial charge in [0.1, 0.15) is 6.04 Å². The summed E-state index contributed by atoms with van der Waals surface area (Å²) in [5.74, 6) is -2.10. The minimum absolute atomic E-state index is 0.0843. The Bertz CT molecular complexity index is 896. The fourth-order valence-corrected chi connectivity index (χ4v) is 5.16. The quantitative estimate of drug-likeness (QED) is 0.433. The summed E-state index contributed by atoms with van der Waals surface area (Å²) < 4.78 is 5.05. The molecule has 2 aliphatic carbocycles. The Hall–Kier alpha value is -3.03. The van der Waals surface area contributed by atoms with Crippen molar-refractivity contribution >= 4 is 35.2 Å². The second kappa shape index (κ2) is 7.66. The van der Waals surface area contributed by atoms with Gasteiger partial charge in [0.15, 0.2) is 12.4 Å². The van der Waals surface area contributed by atoms with Crippen molar-refractivity contribution in [3.63, 3.8) is 0 Å². The van der Waals surface area contributed by atoms with E-state index in [0.717, 1.165) is 24.2 Å². The highest BCUT2D eigenvalue weighted by Gasteiger charge is 2.62. The molecule has 1 N–H and O–H groups in total. The van der Waals surface area contributed by atoms with Crippen molar-refractivity contribution in [3.05, 3.63) is 29.8 Å². The lowest BCUT2D eigenvalue weighted by Crippen LogP contribution is -2.45. The zero-order chi connectivity index (χ0) is 21.6. The number of ether oxygens (including phenoxy) is 1. The van der Waals surface area contributed by atoms with E-state index in [0.29, 0.717) is 11.3 Å². The molecule has 8 heteroatoms. The Kier molecular flexibility index (Phi) is 5.17. The van der Waals surface area contributed by atoms with E-state index in [-0.39, 0.29) is 41.3 Å². The zero-order valence-corrected chi connectivity index (χ0v) is 16.9. The summed E-state index contributed by atoms with van der Waals surface area (Å²) in [7, 11) is 0. The van der Waals surface area contributed by atoms with Crippen LogP contribution in [0.2, 0.25) is 0 Å². The number of esters is 1.